The number of carbonyl (C=O) groups is 2. The minimum Gasteiger partial charge on any atom is -0.366 e. The van der Waals surface area contributed by atoms with E-state index in [0.29, 0.717) is 6.07 Å². The van der Waals surface area contributed by atoms with Crippen molar-refractivity contribution in [3.63, 3.8) is 0 Å². The minimum atomic E-state index is -4.05. The van der Waals surface area contributed by atoms with Crippen LogP contribution in [0, 0.1) is 17.5 Å². The summed E-state index contributed by atoms with van der Waals surface area (Å²) in [5, 5.41) is 5.82. The van der Waals surface area contributed by atoms with Gasteiger partial charge in [-0.25, -0.2) is 40.7 Å². The van der Waals surface area contributed by atoms with Gasteiger partial charge in [0, 0.05) is 44.8 Å². The molecule has 2 heterocycles. The highest BCUT2D eigenvalue weighted by molar-refractivity contribution is 5.94. The number of primary amides is 1. The van der Waals surface area contributed by atoms with Crippen LogP contribution in [-0.2, 0) is 11.2 Å². The number of anilines is 1. The van der Waals surface area contributed by atoms with E-state index in [4.69, 9.17) is 5.73 Å². The number of rotatable bonds is 10. The summed E-state index contributed by atoms with van der Waals surface area (Å²) in [7, 11) is 3.11. The Morgan fingerprint density at radius 1 is 1.02 bits per heavy atom. The SMILES string of the molecule is CN(C)c1ncc(-c2ccc(F)c(C(N)=O)c2)c([C@H](Cc2cc(F)cc(F)c2)NC(=O)C[N+]2=NC(C(F)F)C3=C2C(F)(F)CCC3(F)F)n1. The van der Waals surface area contributed by atoms with Crippen molar-refractivity contribution in [2.75, 3.05) is 25.5 Å². The van der Waals surface area contributed by atoms with Gasteiger partial charge in [-0.15, -0.1) is 0 Å². The summed E-state index contributed by atoms with van der Waals surface area (Å²) in [6.45, 7) is -1.23. The Morgan fingerprint density at radius 2 is 1.67 bits per heavy atom. The predicted octanol–water partition coefficient (Wildman–Crippen LogP) is 5.56. The zero-order chi connectivity index (χ0) is 36.0. The average molecular weight is 701 g/mol. The van der Waals surface area contributed by atoms with Crippen LogP contribution in [0.1, 0.15) is 40.5 Å². The third-order valence-electron chi connectivity index (χ3n) is 7.87. The van der Waals surface area contributed by atoms with Gasteiger partial charge in [-0.1, -0.05) is 10.8 Å². The predicted molar refractivity (Wildman–Crippen MR) is 155 cm³/mol. The van der Waals surface area contributed by atoms with Crippen LogP contribution in [0.4, 0.5) is 45.5 Å². The number of nitrogens with two attached hydrogens (primary N) is 1. The lowest BCUT2D eigenvalue weighted by molar-refractivity contribution is -0.549. The second-order valence-electron chi connectivity index (χ2n) is 11.6. The number of nitrogens with one attached hydrogen (secondary N) is 1. The van der Waals surface area contributed by atoms with E-state index in [9.17, 15) is 49.1 Å². The van der Waals surface area contributed by atoms with E-state index in [0.717, 1.165) is 24.3 Å². The van der Waals surface area contributed by atoms with Crippen LogP contribution < -0.4 is 16.0 Å². The molecule has 1 aromatic heterocycles. The monoisotopic (exact) mass is 700 g/mol. The first kappa shape index (κ1) is 35.3. The molecule has 2 atom stereocenters. The van der Waals surface area contributed by atoms with Crippen LogP contribution in [-0.4, -0.2) is 71.4 Å². The third-order valence-corrected chi connectivity index (χ3v) is 7.87. The van der Waals surface area contributed by atoms with E-state index < -0.39 is 102 Å². The fourth-order valence-corrected chi connectivity index (χ4v) is 5.71. The molecule has 2 aromatic carbocycles. The summed E-state index contributed by atoms with van der Waals surface area (Å²) in [4.78, 5) is 35.5. The first-order valence-corrected chi connectivity index (χ1v) is 14.5. The Balaban J connectivity index is 1.60. The molecule has 0 spiro atoms. The summed E-state index contributed by atoms with van der Waals surface area (Å²) in [5.41, 5.74) is 1.74. The number of azo groups is 2. The molecule has 0 fully saturated rings. The molecule has 260 valence electrons. The van der Waals surface area contributed by atoms with E-state index in [2.05, 4.69) is 20.4 Å². The highest BCUT2D eigenvalue weighted by Crippen LogP contribution is 2.51. The van der Waals surface area contributed by atoms with Crippen LogP contribution >= 0.6 is 0 Å². The Morgan fingerprint density at radius 3 is 2.29 bits per heavy atom. The number of carbonyl (C=O) groups excluding carboxylic acids is 2. The third kappa shape index (κ3) is 7.22. The molecule has 49 heavy (non-hydrogen) atoms. The first-order chi connectivity index (χ1) is 22.9. The molecule has 1 unspecified atom stereocenters. The minimum absolute atomic E-state index is 0.0360. The fraction of sp³-hybridized carbons (Fsp3) is 0.355. The van der Waals surface area contributed by atoms with E-state index in [1.165, 1.54) is 17.2 Å². The van der Waals surface area contributed by atoms with E-state index in [1.54, 1.807) is 14.1 Å². The molecule has 3 N–H and O–H groups in total. The van der Waals surface area contributed by atoms with Crippen molar-refractivity contribution in [1.29, 1.82) is 0 Å². The summed E-state index contributed by atoms with van der Waals surface area (Å²) < 4.78 is 130. The normalized spacial score (nSPS) is 18.6. The molecule has 2 aliphatic rings. The molecule has 9 nitrogen and oxygen atoms in total. The maximum absolute atomic E-state index is 15.0. The van der Waals surface area contributed by atoms with Gasteiger partial charge in [0.1, 0.15) is 23.0 Å². The summed E-state index contributed by atoms with van der Waals surface area (Å²) in [6.07, 6.45) is -5.58. The highest BCUT2D eigenvalue weighted by Gasteiger charge is 2.64. The standard InChI is InChI=1S/C31H26F9N7O2/c1-46(2)29-42-12-19(15-3-4-20(34)18(10-15)28(41)49)24(44-29)21(9-14-7-16(32)11-17(33)8-14)43-22(48)13-47-26-23(25(45-47)27(35)36)30(37,38)5-6-31(26,39)40/h3-4,7-8,10-12,21,25,27H,5-6,9,13H2,1-2H3,(H2-,41,43,48,49)/p+1/t21-,25?/m0/s1. The van der Waals surface area contributed by atoms with Gasteiger partial charge in [0.2, 0.25) is 12.0 Å². The topological polar surface area (TPSA) is 117 Å². The van der Waals surface area contributed by atoms with Crippen LogP contribution in [0.5, 0.6) is 0 Å². The Kier molecular flexibility index (Phi) is 9.44. The van der Waals surface area contributed by atoms with Crippen LogP contribution in [0.2, 0.25) is 0 Å². The van der Waals surface area contributed by atoms with Gasteiger partial charge < -0.3 is 16.0 Å². The maximum atomic E-state index is 15.0. The molecular weight excluding hydrogens is 673 g/mol. The lowest BCUT2D eigenvalue weighted by Gasteiger charge is -2.28. The van der Waals surface area contributed by atoms with Crippen molar-refractivity contribution in [3.8, 4) is 11.1 Å². The lowest BCUT2D eigenvalue weighted by atomic mass is 9.86. The van der Waals surface area contributed by atoms with Gasteiger partial charge in [-0.05, 0) is 46.9 Å². The highest BCUT2D eigenvalue weighted by atomic mass is 19.3. The van der Waals surface area contributed by atoms with Gasteiger partial charge >= 0.3 is 5.92 Å². The Bertz CT molecular complexity index is 1860. The number of allylic oxidation sites excluding steroid dienone is 1. The van der Waals surface area contributed by atoms with Gasteiger partial charge in [0.15, 0.2) is 0 Å². The van der Waals surface area contributed by atoms with Gasteiger partial charge in [0.05, 0.1) is 17.3 Å². The number of halogens is 9. The van der Waals surface area contributed by atoms with E-state index in [-0.39, 0.29) is 33.0 Å². The quantitative estimate of drug-likeness (QED) is 0.213. The number of alkyl halides is 6. The number of amides is 2. The van der Waals surface area contributed by atoms with Crippen LogP contribution in [0.15, 0.2) is 59.0 Å². The number of aromatic nitrogens is 2. The van der Waals surface area contributed by atoms with Crippen molar-refractivity contribution in [2.45, 2.75) is 49.6 Å². The van der Waals surface area contributed by atoms with Crippen molar-refractivity contribution in [2.24, 2.45) is 10.8 Å². The molecule has 2 amide bonds. The second kappa shape index (κ2) is 13.1. The molecule has 0 bridgehead atoms. The van der Waals surface area contributed by atoms with Gasteiger partial charge in [-0.3, -0.25) is 9.59 Å². The molecule has 18 heteroatoms. The molecule has 0 saturated carbocycles. The van der Waals surface area contributed by atoms with Crippen molar-refractivity contribution >= 4 is 17.8 Å². The summed E-state index contributed by atoms with van der Waals surface area (Å²) in [5.74, 6) is -13.3. The molecular formula is C31H27F9N7O2+. The van der Waals surface area contributed by atoms with E-state index in [1.807, 2.05) is 0 Å². The summed E-state index contributed by atoms with van der Waals surface area (Å²) >= 11 is 0. The van der Waals surface area contributed by atoms with Gasteiger partial charge in [0.25, 0.3) is 36.4 Å². The lowest BCUT2D eigenvalue weighted by Crippen LogP contribution is -2.42. The zero-order valence-electron chi connectivity index (χ0n) is 25.6. The number of benzene rings is 2. The smallest absolute Gasteiger partial charge is 0.332 e. The average Bonchev–Trinajstić information content (AvgIpc) is 3.40. The molecule has 3 aromatic rings. The molecule has 1 aliphatic heterocycles. The van der Waals surface area contributed by atoms with Crippen molar-refractivity contribution in [1.82, 2.24) is 15.3 Å². The number of nitrogens with zero attached hydrogens (tertiary/aromatic N) is 5. The Hall–Kier alpha value is -5.03. The van der Waals surface area contributed by atoms with Crippen molar-refractivity contribution < 1.29 is 53.8 Å². The molecule has 0 saturated heterocycles. The van der Waals surface area contributed by atoms with Gasteiger partial charge in [-0.2, -0.15) is 8.78 Å². The number of hydrogen-bond donors (Lipinski definition) is 2. The second-order valence-corrected chi connectivity index (χ2v) is 11.6. The first-order valence-electron chi connectivity index (χ1n) is 14.5. The fourth-order valence-electron chi connectivity index (χ4n) is 5.71. The zero-order valence-corrected chi connectivity index (χ0v) is 25.6. The Labute approximate surface area is 272 Å². The largest absolute Gasteiger partial charge is 0.366 e. The summed E-state index contributed by atoms with van der Waals surface area (Å²) in [6, 6.07) is 1.63. The molecule has 5 rings (SSSR count). The maximum Gasteiger partial charge on any atom is 0.332 e. The molecule has 1 aliphatic carbocycles. The van der Waals surface area contributed by atoms with Crippen molar-refractivity contribution in [3.05, 3.63) is 88.1 Å². The molecule has 0 radical (unpaired) electrons. The van der Waals surface area contributed by atoms with E-state index >= 15 is 0 Å². The number of hydrogen-bond acceptors (Lipinski definition) is 6. The van der Waals surface area contributed by atoms with Crippen LogP contribution in [0.25, 0.3) is 11.1 Å². The van der Waals surface area contributed by atoms with Crippen LogP contribution in [0.3, 0.4) is 0 Å².